The van der Waals surface area contributed by atoms with Crippen molar-refractivity contribution in [3.63, 3.8) is 0 Å². The number of nitrogens with two attached hydrogens (primary N) is 1. The van der Waals surface area contributed by atoms with Crippen LogP contribution in [0.3, 0.4) is 0 Å². The number of hydrogen-bond acceptors (Lipinski definition) is 4. The van der Waals surface area contributed by atoms with Crippen LogP contribution in [0.25, 0.3) is 0 Å². The van der Waals surface area contributed by atoms with Crippen LogP contribution in [0.1, 0.15) is 51.0 Å². The third-order valence-corrected chi connectivity index (χ3v) is 3.46. The maximum Gasteiger partial charge on any atom is 0.257 e. The molecule has 2 heterocycles. The van der Waals surface area contributed by atoms with Crippen molar-refractivity contribution in [3.05, 3.63) is 15.9 Å². The van der Waals surface area contributed by atoms with Gasteiger partial charge in [-0.3, -0.25) is 9.78 Å². The fourth-order valence-corrected chi connectivity index (χ4v) is 2.48. The van der Waals surface area contributed by atoms with Gasteiger partial charge < -0.3 is 10.6 Å². The summed E-state index contributed by atoms with van der Waals surface area (Å²) in [7, 11) is 0. The molecule has 5 heteroatoms. The van der Waals surface area contributed by atoms with E-state index in [1.165, 1.54) is 12.8 Å². The molecule has 3 N–H and O–H groups in total. The molecule has 0 saturated carbocycles. The topological polar surface area (TPSA) is 75.0 Å². The van der Waals surface area contributed by atoms with Gasteiger partial charge in [0.05, 0.1) is 5.56 Å². The Kier molecular flexibility index (Phi) is 3.89. The molecule has 5 nitrogen and oxygen atoms in total. The van der Waals surface area contributed by atoms with Crippen LogP contribution in [0.2, 0.25) is 0 Å². The number of nitrogens with one attached hydrogen (secondary N) is 1. The Morgan fingerprint density at radius 3 is 2.33 bits per heavy atom. The van der Waals surface area contributed by atoms with Crippen molar-refractivity contribution in [3.8, 4) is 0 Å². The van der Waals surface area contributed by atoms with E-state index in [0.717, 1.165) is 25.9 Å². The molecule has 1 aliphatic rings. The highest BCUT2D eigenvalue weighted by Gasteiger charge is 2.16. The highest BCUT2D eigenvalue weighted by atomic mass is 16.1. The van der Waals surface area contributed by atoms with Crippen molar-refractivity contribution >= 4 is 11.8 Å². The van der Waals surface area contributed by atoms with Crippen molar-refractivity contribution in [2.24, 2.45) is 0 Å². The SMILES string of the molecule is CC(C)c1c(N)nc(N2CCCCCC2)[nH]c1=O. The largest absolute Gasteiger partial charge is 0.383 e. The Morgan fingerprint density at radius 1 is 1.22 bits per heavy atom. The van der Waals surface area contributed by atoms with Gasteiger partial charge in [-0.25, -0.2) is 0 Å². The predicted octanol–water partition coefficient (Wildman–Crippen LogP) is 1.86. The van der Waals surface area contributed by atoms with Gasteiger partial charge in [0.15, 0.2) is 0 Å². The number of nitrogen functional groups attached to an aromatic ring is 1. The normalized spacial score (nSPS) is 16.9. The number of H-pyrrole nitrogens is 1. The molecule has 0 atom stereocenters. The highest BCUT2D eigenvalue weighted by Crippen LogP contribution is 2.19. The second-order valence-corrected chi connectivity index (χ2v) is 5.24. The summed E-state index contributed by atoms with van der Waals surface area (Å²) in [5.74, 6) is 1.09. The van der Waals surface area contributed by atoms with Gasteiger partial charge in [-0.05, 0) is 18.8 Å². The zero-order valence-electron chi connectivity index (χ0n) is 11.2. The Morgan fingerprint density at radius 2 is 1.83 bits per heavy atom. The lowest BCUT2D eigenvalue weighted by Gasteiger charge is -2.21. The maximum atomic E-state index is 12.0. The lowest BCUT2D eigenvalue weighted by Crippen LogP contribution is -2.30. The van der Waals surface area contributed by atoms with E-state index in [1.807, 2.05) is 13.8 Å². The van der Waals surface area contributed by atoms with E-state index in [0.29, 0.717) is 17.3 Å². The summed E-state index contributed by atoms with van der Waals surface area (Å²) >= 11 is 0. The third kappa shape index (κ3) is 2.66. The number of aromatic amines is 1. The molecule has 100 valence electrons. The minimum absolute atomic E-state index is 0.0967. The van der Waals surface area contributed by atoms with Crippen LogP contribution >= 0.6 is 0 Å². The molecule has 1 aliphatic heterocycles. The number of hydrogen-bond donors (Lipinski definition) is 2. The highest BCUT2D eigenvalue weighted by molar-refractivity contribution is 5.45. The summed E-state index contributed by atoms with van der Waals surface area (Å²) in [4.78, 5) is 21.4. The molecule has 18 heavy (non-hydrogen) atoms. The van der Waals surface area contributed by atoms with Gasteiger partial charge in [0.1, 0.15) is 5.82 Å². The quantitative estimate of drug-likeness (QED) is 0.840. The summed E-state index contributed by atoms with van der Waals surface area (Å²) in [6, 6.07) is 0. The first-order valence-electron chi connectivity index (χ1n) is 6.74. The molecule has 1 aromatic heterocycles. The fourth-order valence-electron chi connectivity index (χ4n) is 2.48. The van der Waals surface area contributed by atoms with Crippen LogP contribution < -0.4 is 16.2 Å². The zero-order valence-corrected chi connectivity index (χ0v) is 11.2. The fraction of sp³-hybridized carbons (Fsp3) is 0.692. The second-order valence-electron chi connectivity index (χ2n) is 5.24. The lowest BCUT2D eigenvalue weighted by atomic mass is 10.1. The predicted molar refractivity (Wildman–Crippen MR) is 74.0 cm³/mol. The summed E-state index contributed by atoms with van der Waals surface area (Å²) in [6.45, 7) is 5.80. The van der Waals surface area contributed by atoms with E-state index in [1.54, 1.807) is 0 Å². The molecular formula is C13H22N4O. The van der Waals surface area contributed by atoms with Crippen LogP contribution in [-0.4, -0.2) is 23.1 Å². The molecule has 0 amide bonds. The summed E-state index contributed by atoms with van der Waals surface area (Å²) in [6.07, 6.45) is 4.80. The average molecular weight is 250 g/mol. The Balaban J connectivity index is 2.32. The number of aromatic nitrogens is 2. The Labute approximate surface area is 107 Å². The van der Waals surface area contributed by atoms with E-state index < -0.39 is 0 Å². The summed E-state index contributed by atoms with van der Waals surface area (Å²) < 4.78 is 0. The summed E-state index contributed by atoms with van der Waals surface area (Å²) in [5, 5.41) is 0. The average Bonchev–Trinajstić information content (AvgIpc) is 2.55. The van der Waals surface area contributed by atoms with Gasteiger partial charge in [-0.1, -0.05) is 26.7 Å². The van der Waals surface area contributed by atoms with Crippen LogP contribution in [0, 0.1) is 0 Å². The first kappa shape index (κ1) is 12.9. The molecule has 0 aliphatic carbocycles. The minimum atomic E-state index is -0.100. The monoisotopic (exact) mass is 250 g/mol. The number of nitrogens with zero attached hydrogens (tertiary/aromatic N) is 2. The van der Waals surface area contributed by atoms with E-state index in [2.05, 4.69) is 14.9 Å². The minimum Gasteiger partial charge on any atom is -0.383 e. The van der Waals surface area contributed by atoms with Crippen LogP contribution in [0.4, 0.5) is 11.8 Å². The first-order valence-corrected chi connectivity index (χ1v) is 6.74. The van der Waals surface area contributed by atoms with Gasteiger partial charge in [-0.2, -0.15) is 4.98 Å². The van der Waals surface area contributed by atoms with Crippen molar-refractivity contribution in [1.29, 1.82) is 0 Å². The lowest BCUT2D eigenvalue weighted by molar-refractivity contribution is 0.726. The Hall–Kier alpha value is -1.52. The number of rotatable bonds is 2. The molecule has 1 fully saturated rings. The van der Waals surface area contributed by atoms with Crippen molar-refractivity contribution < 1.29 is 0 Å². The van der Waals surface area contributed by atoms with E-state index >= 15 is 0 Å². The second kappa shape index (κ2) is 5.42. The molecule has 0 radical (unpaired) electrons. The van der Waals surface area contributed by atoms with Crippen molar-refractivity contribution in [2.45, 2.75) is 45.4 Å². The van der Waals surface area contributed by atoms with Crippen LogP contribution in [-0.2, 0) is 0 Å². The zero-order chi connectivity index (χ0) is 13.1. The van der Waals surface area contributed by atoms with Crippen molar-refractivity contribution in [2.75, 3.05) is 23.7 Å². The standard InChI is InChI=1S/C13H22N4O/c1-9(2)10-11(14)15-13(16-12(10)18)17-7-5-3-4-6-8-17/h9H,3-8H2,1-2H3,(H3,14,15,16,18). The van der Waals surface area contributed by atoms with Gasteiger partial charge in [-0.15, -0.1) is 0 Å². The van der Waals surface area contributed by atoms with Gasteiger partial charge >= 0.3 is 0 Å². The molecule has 0 bridgehead atoms. The molecular weight excluding hydrogens is 228 g/mol. The van der Waals surface area contributed by atoms with Gasteiger partial charge in [0.2, 0.25) is 5.95 Å². The van der Waals surface area contributed by atoms with Gasteiger partial charge in [0, 0.05) is 13.1 Å². The smallest absolute Gasteiger partial charge is 0.257 e. The molecule has 1 aromatic rings. The molecule has 0 spiro atoms. The van der Waals surface area contributed by atoms with E-state index in [4.69, 9.17) is 5.73 Å². The summed E-state index contributed by atoms with van der Waals surface area (Å²) in [5.41, 5.74) is 6.40. The van der Waals surface area contributed by atoms with E-state index in [9.17, 15) is 4.79 Å². The van der Waals surface area contributed by atoms with Gasteiger partial charge in [0.25, 0.3) is 5.56 Å². The Bertz CT molecular complexity index is 459. The van der Waals surface area contributed by atoms with E-state index in [-0.39, 0.29) is 11.5 Å². The molecule has 1 saturated heterocycles. The first-order chi connectivity index (χ1) is 8.59. The number of anilines is 2. The molecule has 2 rings (SSSR count). The third-order valence-electron chi connectivity index (χ3n) is 3.46. The molecule has 0 unspecified atom stereocenters. The maximum absolute atomic E-state index is 12.0. The molecule has 0 aromatic carbocycles. The van der Waals surface area contributed by atoms with Crippen LogP contribution in [0.5, 0.6) is 0 Å². The van der Waals surface area contributed by atoms with Crippen LogP contribution in [0.15, 0.2) is 4.79 Å². The van der Waals surface area contributed by atoms with Crippen molar-refractivity contribution in [1.82, 2.24) is 9.97 Å².